The van der Waals surface area contributed by atoms with E-state index in [9.17, 15) is 35.9 Å². The zero-order valence-corrected chi connectivity index (χ0v) is 27.9. The molecule has 1 atom stereocenters. The van der Waals surface area contributed by atoms with Crippen LogP contribution >= 0.6 is 11.3 Å². The van der Waals surface area contributed by atoms with Crippen LogP contribution in [0, 0.1) is 0 Å². The number of nitrogens with zero attached hydrogens (tertiary/aromatic N) is 2. The highest BCUT2D eigenvalue weighted by Gasteiger charge is 2.37. The number of carbonyl (C=O) groups is 2. The van der Waals surface area contributed by atoms with E-state index in [1.54, 1.807) is 54.6 Å². The van der Waals surface area contributed by atoms with Crippen LogP contribution in [-0.4, -0.2) is 45.6 Å². The minimum absolute atomic E-state index is 0.000428. The fraction of sp³-hybridized carbons (Fsp3) is 0.216. The van der Waals surface area contributed by atoms with Gasteiger partial charge in [-0.05, 0) is 53.6 Å². The molecule has 1 unspecified atom stereocenters. The van der Waals surface area contributed by atoms with Gasteiger partial charge in [0.2, 0.25) is 11.8 Å². The molecule has 2 aromatic heterocycles. The quantitative estimate of drug-likeness (QED) is 0.0874. The lowest BCUT2D eigenvalue weighted by molar-refractivity contribution is -0.143. The molecule has 3 N–H and O–H groups in total. The molecule has 0 fully saturated rings. The highest BCUT2D eigenvalue weighted by Crippen LogP contribution is 2.37. The summed E-state index contributed by atoms with van der Waals surface area (Å²) in [6.45, 7) is 0.422. The molecule has 270 valence electrons. The van der Waals surface area contributed by atoms with Crippen molar-refractivity contribution in [1.29, 1.82) is 0 Å². The molecule has 0 aliphatic heterocycles. The molecule has 2 heterocycles. The molecule has 2 amide bonds. The lowest BCUT2D eigenvalue weighted by Crippen LogP contribution is -2.45. The molecule has 8 nitrogen and oxygen atoms in total. The van der Waals surface area contributed by atoms with Gasteiger partial charge >= 0.3 is 12.4 Å². The number of rotatable bonds is 12. The Kier molecular flexibility index (Phi) is 10.5. The summed E-state index contributed by atoms with van der Waals surface area (Å²) in [7, 11) is 0. The van der Waals surface area contributed by atoms with Crippen LogP contribution in [0.1, 0.15) is 28.7 Å². The Bertz CT molecular complexity index is 2170. The summed E-state index contributed by atoms with van der Waals surface area (Å²) < 4.78 is 88.9. The molecule has 0 aliphatic rings. The van der Waals surface area contributed by atoms with Gasteiger partial charge in [-0.1, -0.05) is 53.8 Å². The van der Waals surface area contributed by atoms with Gasteiger partial charge < -0.3 is 20.5 Å². The van der Waals surface area contributed by atoms with E-state index in [1.165, 1.54) is 11.3 Å². The summed E-state index contributed by atoms with van der Waals surface area (Å²) in [6.07, 6.45) is -8.56. The number of benzene rings is 4. The standard InChI is InChI=1S/C37H30F6N4O4S/c38-36(39,40)25-15-23(16-26(19-25)37(41,42)43)18-33(49)45-29(17-22-5-2-1-3-6-22)34(50)44-27-9-7-24(8-10-27)30-21-47-31-20-28(51-14-4-13-48)11-12-32(31)52-35(47)46-30/h1-3,5-12,15-16,19-21,29,48H,4,13-14,17-18H2,(H,44,50)(H,45,49). The van der Waals surface area contributed by atoms with Crippen LogP contribution in [0.5, 0.6) is 5.75 Å². The van der Waals surface area contributed by atoms with Gasteiger partial charge in [-0.3, -0.25) is 14.0 Å². The van der Waals surface area contributed by atoms with Crippen molar-refractivity contribution < 1.29 is 45.8 Å². The van der Waals surface area contributed by atoms with Gasteiger partial charge in [0.1, 0.15) is 11.8 Å². The first kappa shape index (κ1) is 36.4. The third-order valence-corrected chi connectivity index (χ3v) is 9.07. The number of aliphatic hydroxyl groups is 1. The van der Waals surface area contributed by atoms with Crippen LogP contribution in [0.3, 0.4) is 0 Å². The van der Waals surface area contributed by atoms with Gasteiger partial charge in [-0.25, -0.2) is 4.98 Å². The van der Waals surface area contributed by atoms with Crippen molar-refractivity contribution in [2.45, 2.75) is 37.7 Å². The van der Waals surface area contributed by atoms with Gasteiger partial charge in [0.25, 0.3) is 0 Å². The lowest BCUT2D eigenvalue weighted by atomic mass is 10.0. The minimum atomic E-state index is -5.07. The Morgan fingerprint density at radius 1 is 0.865 bits per heavy atom. The fourth-order valence-corrected chi connectivity index (χ4v) is 6.51. The number of ether oxygens (including phenoxy) is 1. The summed E-state index contributed by atoms with van der Waals surface area (Å²) in [4.78, 5) is 32.0. The number of fused-ring (bicyclic) bond motifs is 3. The molecule has 0 bridgehead atoms. The Labute approximate surface area is 296 Å². The van der Waals surface area contributed by atoms with Gasteiger partial charge in [0, 0.05) is 43.0 Å². The number of hydrogen-bond acceptors (Lipinski definition) is 6. The minimum Gasteiger partial charge on any atom is -0.493 e. The van der Waals surface area contributed by atoms with E-state index in [0.717, 1.165) is 20.7 Å². The Morgan fingerprint density at radius 2 is 1.56 bits per heavy atom. The zero-order chi connectivity index (χ0) is 37.0. The first-order chi connectivity index (χ1) is 24.8. The second kappa shape index (κ2) is 15.1. The van der Waals surface area contributed by atoms with Crippen LogP contribution in [0.15, 0.2) is 97.2 Å². The van der Waals surface area contributed by atoms with E-state index in [4.69, 9.17) is 14.8 Å². The van der Waals surface area contributed by atoms with E-state index < -0.39 is 53.3 Å². The number of carbonyl (C=O) groups excluding carboxylic acids is 2. The van der Waals surface area contributed by atoms with E-state index in [2.05, 4.69) is 10.6 Å². The molecule has 15 heteroatoms. The second-order valence-corrected chi connectivity index (χ2v) is 12.9. The number of nitrogens with one attached hydrogen (secondary N) is 2. The van der Waals surface area contributed by atoms with E-state index in [0.29, 0.717) is 47.9 Å². The number of amides is 2. The molecule has 6 rings (SSSR count). The molecule has 6 aromatic rings. The maximum Gasteiger partial charge on any atom is 0.416 e. The maximum absolute atomic E-state index is 13.5. The van der Waals surface area contributed by atoms with Crippen LogP contribution < -0.4 is 15.4 Å². The van der Waals surface area contributed by atoms with Crippen molar-refractivity contribution >= 4 is 44.0 Å². The number of thiazole rings is 1. The number of aliphatic hydroxyl groups excluding tert-OH is 1. The smallest absolute Gasteiger partial charge is 0.416 e. The number of aromatic nitrogens is 2. The van der Waals surface area contributed by atoms with Crippen LogP contribution in [0.2, 0.25) is 0 Å². The maximum atomic E-state index is 13.5. The first-order valence-corrected chi connectivity index (χ1v) is 16.8. The van der Waals surface area contributed by atoms with Crippen LogP contribution in [0.25, 0.3) is 26.4 Å². The monoisotopic (exact) mass is 740 g/mol. The van der Waals surface area contributed by atoms with Crippen molar-refractivity contribution in [3.8, 4) is 17.0 Å². The predicted octanol–water partition coefficient (Wildman–Crippen LogP) is 7.92. The van der Waals surface area contributed by atoms with Gasteiger partial charge in [0.15, 0.2) is 4.96 Å². The average Bonchev–Trinajstić information content (AvgIpc) is 3.66. The van der Waals surface area contributed by atoms with Gasteiger partial charge in [-0.2, -0.15) is 26.3 Å². The van der Waals surface area contributed by atoms with Crippen LogP contribution in [-0.2, 0) is 34.8 Å². The second-order valence-electron chi connectivity index (χ2n) is 11.9. The number of alkyl halides is 6. The van der Waals surface area contributed by atoms with E-state index in [1.807, 2.05) is 28.8 Å². The van der Waals surface area contributed by atoms with Crippen molar-refractivity contribution in [3.63, 3.8) is 0 Å². The van der Waals surface area contributed by atoms with Crippen molar-refractivity contribution in [1.82, 2.24) is 14.7 Å². The van der Waals surface area contributed by atoms with E-state index in [-0.39, 0.29) is 19.1 Å². The number of imidazole rings is 1. The summed E-state index contributed by atoms with van der Waals surface area (Å²) >= 11 is 1.50. The zero-order valence-electron chi connectivity index (χ0n) is 27.1. The SMILES string of the molecule is O=C(Cc1cc(C(F)(F)F)cc(C(F)(F)F)c1)NC(Cc1ccccc1)C(=O)Nc1ccc(-c2cn3c(n2)sc2ccc(OCCCO)cc23)cc1. The predicted molar refractivity (Wildman–Crippen MR) is 184 cm³/mol. The molecule has 0 spiro atoms. The molecule has 4 aromatic carbocycles. The largest absolute Gasteiger partial charge is 0.493 e. The number of anilines is 1. The number of hydrogen-bond donors (Lipinski definition) is 3. The molecular formula is C37H30F6N4O4S. The highest BCUT2D eigenvalue weighted by molar-refractivity contribution is 7.23. The molecular weight excluding hydrogens is 710 g/mol. The normalized spacial score (nSPS) is 12.6. The van der Waals surface area contributed by atoms with Crippen molar-refractivity contribution in [2.75, 3.05) is 18.5 Å². The molecule has 0 radical (unpaired) electrons. The Morgan fingerprint density at radius 3 is 2.21 bits per heavy atom. The highest BCUT2D eigenvalue weighted by atomic mass is 32.1. The third-order valence-electron chi connectivity index (χ3n) is 8.03. The van der Waals surface area contributed by atoms with Crippen molar-refractivity contribution in [3.05, 3.63) is 119 Å². The van der Waals surface area contributed by atoms with Gasteiger partial charge in [-0.15, -0.1) is 0 Å². The van der Waals surface area contributed by atoms with E-state index >= 15 is 0 Å². The summed E-state index contributed by atoms with van der Waals surface area (Å²) in [6, 6.07) is 20.9. The topological polar surface area (TPSA) is 105 Å². The third kappa shape index (κ3) is 8.72. The lowest BCUT2D eigenvalue weighted by Gasteiger charge is -2.19. The Balaban J connectivity index is 1.17. The first-order valence-electron chi connectivity index (χ1n) is 15.9. The molecule has 52 heavy (non-hydrogen) atoms. The number of halogens is 6. The molecule has 0 saturated carbocycles. The van der Waals surface area contributed by atoms with Gasteiger partial charge in [0.05, 0.1) is 40.1 Å². The molecule has 0 aliphatic carbocycles. The summed E-state index contributed by atoms with van der Waals surface area (Å²) in [5.41, 5.74) is -0.203. The van der Waals surface area contributed by atoms with Crippen LogP contribution in [0.4, 0.5) is 32.0 Å². The average molecular weight is 741 g/mol. The fourth-order valence-electron chi connectivity index (χ4n) is 5.53. The summed E-state index contributed by atoms with van der Waals surface area (Å²) in [5.74, 6) is -0.907. The molecule has 0 saturated heterocycles. The Hall–Kier alpha value is -5.41. The summed E-state index contributed by atoms with van der Waals surface area (Å²) in [5, 5.41) is 14.2. The van der Waals surface area contributed by atoms with Crippen molar-refractivity contribution in [2.24, 2.45) is 0 Å².